The lowest BCUT2D eigenvalue weighted by atomic mass is 9.98. The van der Waals surface area contributed by atoms with Crippen LogP contribution >= 0.6 is 0 Å². The first-order valence-corrected chi connectivity index (χ1v) is 25.6. The van der Waals surface area contributed by atoms with Crippen molar-refractivity contribution in [2.24, 2.45) is 0 Å². The molecular weight excluding hydrogens is 911 g/mol. The molecule has 0 N–H and O–H groups in total. The molecule has 0 fully saturated rings. The molecular formula is C70H45N5. The summed E-state index contributed by atoms with van der Waals surface area (Å²) in [6.07, 6.45) is 0. The summed E-state index contributed by atoms with van der Waals surface area (Å²) in [4.78, 5) is 10.3. The summed E-state index contributed by atoms with van der Waals surface area (Å²) < 4.78 is 7.16. The summed E-state index contributed by atoms with van der Waals surface area (Å²) in [5, 5.41) is 7.31. The standard InChI is InChI=1S/C70H45N5/c1-5-17-46(18-6-1)62-45-63(47-19-7-2-8-20-47)72-70(71-62)48-29-35-55(36-30-48)75-68-39-33-51(49-31-37-66-58(41-49)56-25-13-15-27-64(56)73(66)53-21-9-3-10-22-53)43-60(68)61-44-52(34-40-69(61)75)50-32-38-67-59(42-50)57-26-14-16-28-65(57)74(67)54-23-11-4-12-24-54/h1-45H. The molecule has 15 rings (SSSR count). The third kappa shape index (κ3) is 7.08. The lowest BCUT2D eigenvalue weighted by molar-refractivity contribution is 1.16. The zero-order valence-corrected chi connectivity index (χ0v) is 40.7. The molecule has 0 aliphatic rings. The fourth-order valence-corrected chi connectivity index (χ4v) is 11.5. The highest BCUT2D eigenvalue weighted by atomic mass is 15.0. The lowest BCUT2D eigenvalue weighted by Crippen LogP contribution is -1.97. The Morgan fingerprint density at radius 2 is 0.493 bits per heavy atom. The van der Waals surface area contributed by atoms with Crippen molar-refractivity contribution < 1.29 is 0 Å². The number of fused-ring (bicyclic) bond motifs is 9. The molecule has 0 unspecified atom stereocenters. The Hall–Kier alpha value is -10.1. The van der Waals surface area contributed by atoms with Gasteiger partial charge in [0.05, 0.1) is 44.5 Å². The van der Waals surface area contributed by atoms with Gasteiger partial charge in [-0.3, -0.25) is 0 Å². The van der Waals surface area contributed by atoms with Crippen LogP contribution in [0.3, 0.4) is 0 Å². The summed E-state index contributed by atoms with van der Waals surface area (Å²) in [5.41, 5.74) is 19.9. The first-order valence-electron chi connectivity index (χ1n) is 25.6. The molecule has 0 bridgehead atoms. The maximum Gasteiger partial charge on any atom is 0.160 e. The molecule has 0 spiro atoms. The number of hydrogen-bond acceptors (Lipinski definition) is 2. The highest BCUT2D eigenvalue weighted by Gasteiger charge is 2.19. The van der Waals surface area contributed by atoms with E-state index < -0.39 is 0 Å². The van der Waals surface area contributed by atoms with E-state index in [0.29, 0.717) is 5.82 Å². The summed E-state index contributed by atoms with van der Waals surface area (Å²) in [6, 6.07) is 98.3. The molecule has 15 aromatic rings. The Morgan fingerprint density at radius 3 is 0.880 bits per heavy atom. The van der Waals surface area contributed by atoms with E-state index in [4.69, 9.17) is 9.97 Å². The first-order chi connectivity index (χ1) is 37.2. The molecule has 5 heteroatoms. The van der Waals surface area contributed by atoms with Gasteiger partial charge in [-0.2, -0.15) is 0 Å². The largest absolute Gasteiger partial charge is 0.309 e. The van der Waals surface area contributed by atoms with Crippen LogP contribution in [0.25, 0.3) is 139 Å². The third-order valence-corrected chi connectivity index (χ3v) is 15.1. The van der Waals surface area contributed by atoms with Gasteiger partial charge in [0, 0.05) is 66.1 Å². The Morgan fingerprint density at radius 1 is 0.200 bits per heavy atom. The van der Waals surface area contributed by atoms with E-state index in [9.17, 15) is 0 Å². The molecule has 0 radical (unpaired) electrons. The minimum absolute atomic E-state index is 0.686. The molecule has 5 nitrogen and oxygen atoms in total. The summed E-state index contributed by atoms with van der Waals surface area (Å²) >= 11 is 0. The molecule has 0 saturated heterocycles. The second kappa shape index (κ2) is 17.3. The van der Waals surface area contributed by atoms with Crippen molar-refractivity contribution in [3.63, 3.8) is 0 Å². The van der Waals surface area contributed by atoms with Gasteiger partial charge in [-0.15, -0.1) is 0 Å². The topological polar surface area (TPSA) is 40.6 Å². The Labute approximate surface area is 433 Å². The van der Waals surface area contributed by atoms with Gasteiger partial charge in [0.2, 0.25) is 0 Å². The van der Waals surface area contributed by atoms with Crippen molar-refractivity contribution in [3.05, 3.63) is 273 Å². The number of nitrogens with zero attached hydrogens (tertiary/aromatic N) is 5. The molecule has 0 saturated carbocycles. The van der Waals surface area contributed by atoms with Crippen LogP contribution in [0, 0.1) is 0 Å². The number of rotatable bonds is 8. The van der Waals surface area contributed by atoms with Crippen molar-refractivity contribution in [1.82, 2.24) is 23.7 Å². The predicted molar refractivity (Wildman–Crippen MR) is 312 cm³/mol. The van der Waals surface area contributed by atoms with E-state index in [0.717, 1.165) is 56.2 Å². The van der Waals surface area contributed by atoms with E-state index in [2.05, 4.69) is 275 Å². The minimum atomic E-state index is 0.686. The molecule has 0 amide bonds. The van der Waals surface area contributed by atoms with Gasteiger partial charge in [-0.25, -0.2) is 9.97 Å². The summed E-state index contributed by atoms with van der Waals surface area (Å²) in [5.74, 6) is 0.686. The molecule has 4 heterocycles. The van der Waals surface area contributed by atoms with Gasteiger partial charge in [0.25, 0.3) is 0 Å². The lowest BCUT2D eigenvalue weighted by Gasteiger charge is -2.12. The summed E-state index contributed by atoms with van der Waals surface area (Å²) in [6.45, 7) is 0. The molecule has 0 atom stereocenters. The predicted octanol–water partition coefficient (Wildman–Crippen LogP) is 18.1. The van der Waals surface area contributed by atoms with E-state index in [1.165, 1.54) is 76.6 Å². The zero-order valence-electron chi connectivity index (χ0n) is 40.7. The van der Waals surface area contributed by atoms with E-state index in [-0.39, 0.29) is 0 Å². The highest BCUT2D eigenvalue weighted by molar-refractivity contribution is 6.14. The fraction of sp³-hybridized carbons (Fsp3) is 0. The van der Waals surface area contributed by atoms with E-state index in [1.807, 2.05) is 12.1 Å². The minimum Gasteiger partial charge on any atom is -0.309 e. The smallest absolute Gasteiger partial charge is 0.160 e. The van der Waals surface area contributed by atoms with Crippen LogP contribution in [-0.4, -0.2) is 23.7 Å². The monoisotopic (exact) mass is 955 g/mol. The van der Waals surface area contributed by atoms with Crippen LogP contribution in [0.4, 0.5) is 0 Å². The van der Waals surface area contributed by atoms with Gasteiger partial charge >= 0.3 is 0 Å². The highest BCUT2D eigenvalue weighted by Crippen LogP contribution is 2.41. The van der Waals surface area contributed by atoms with Crippen LogP contribution in [0.2, 0.25) is 0 Å². The van der Waals surface area contributed by atoms with Crippen molar-refractivity contribution in [2.75, 3.05) is 0 Å². The quantitative estimate of drug-likeness (QED) is 0.152. The first kappa shape index (κ1) is 42.6. The molecule has 11 aromatic carbocycles. The summed E-state index contributed by atoms with van der Waals surface area (Å²) in [7, 11) is 0. The zero-order chi connectivity index (χ0) is 49.4. The van der Waals surface area contributed by atoms with Crippen LogP contribution < -0.4 is 0 Å². The fourth-order valence-electron chi connectivity index (χ4n) is 11.5. The van der Waals surface area contributed by atoms with Crippen LogP contribution in [0.15, 0.2) is 273 Å². The molecule has 0 aliphatic heterocycles. The van der Waals surface area contributed by atoms with Gasteiger partial charge in [-0.05, 0) is 138 Å². The molecule has 75 heavy (non-hydrogen) atoms. The average molecular weight is 956 g/mol. The van der Waals surface area contributed by atoms with Crippen LogP contribution in [-0.2, 0) is 0 Å². The molecule has 350 valence electrons. The average Bonchev–Trinajstić information content (AvgIpc) is 4.18. The second-order valence-corrected chi connectivity index (χ2v) is 19.4. The van der Waals surface area contributed by atoms with Crippen molar-refractivity contribution in [3.8, 4) is 73.2 Å². The van der Waals surface area contributed by atoms with Crippen molar-refractivity contribution in [1.29, 1.82) is 0 Å². The Bertz CT molecular complexity index is 4390. The molecule has 4 aromatic heterocycles. The number of hydrogen-bond donors (Lipinski definition) is 0. The SMILES string of the molecule is c1ccc(-c2cc(-c3ccccc3)nc(-c3ccc(-n4c5ccc(-c6ccc7c(c6)c6ccccc6n7-c6ccccc6)cc5c5cc(-c6ccc7c(c6)c6ccccc6n7-c6ccccc6)ccc54)cc3)n2)cc1. The van der Waals surface area contributed by atoms with Crippen molar-refractivity contribution >= 4 is 65.4 Å². The Balaban J connectivity index is 0.897. The van der Waals surface area contributed by atoms with E-state index >= 15 is 0 Å². The van der Waals surface area contributed by atoms with Crippen molar-refractivity contribution in [2.45, 2.75) is 0 Å². The number of para-hydroxylation sites is 4. The van der Waals surface area contributed by atoms with Gasteiger partial charge in [-0.1, -0.05) is 158 Å². The maximum absolute atomic E-state index is 5.15. The van der Waals surface area contributed by atoms with Crippen LogP contribution in [0.5, 0.6) is 0 Å². The second-order valence-electron chi connectivity index (χ2n) is 19.4. The van der Waals surface area contributed by atoms with Gasteiger partial charge in [0.1, 0.15) is 0 Å². The van der Waals surface area contributed by atoms with E-state index in [1.54, 1.807) is 0 Å². The third-order valence-electron chi connectivity index (χ3n) is 15.1. The number of benzene rings is 11. The number of aromatic nitrogens is 5. The normalized spacial score (nSPS) is 11.7. The molecule has 0 aliphatic carbocycles. The maximum atomic E-state index is 5.15. The van der Waals surface area contributed by atoms with Gasteiger partial charge in [0.15, 0.2) is 5.82 Å². The van der Waals surface area contributed by atoms with Gasteiger partial charge < -0.3 is 13.7 Å². The Kier molecular flexibility index (Phi) is 9.82. The van der Waals surface area contributed by atoms with Crippen LogP contribution in [0.1, 0.15) is 0 Å².